The molecule has 2 aromatic rings. The molecular formula is C13H14ClNO2S. The second-order valence-corrected chi connectivity index (χ2v) is 6.05. The molecule has 0 aliphatic carbocycles. The molecule has 1 heterocycles. The number of nitrogens with zero attached hydrogens (tertiary/aromatic N) is 1. The first kappa shape index (κ1) is 13.3. The Kier molecular flexibility index (Phi) is 4.19. The lowest BCUT2D eigenvalue weighted by Gasteiger charge is -2.02. The van der Waals surface area contributed by atoms with Crippen molar-refractivity contribution in [3.8, 4) is 0 Å². The zero-order chi connectivity index (χ0) is 13.1. The molecule has 0 N–H and O–H groups in total. The van der Waals surface area contributed by atoms with Crippen LogP contribution in [-0.4, -0.2) is 9.37 Å². The molecule has 1 aromatic heterocycles. The quantitative estimate of drug-likeness (QED) is 0.864. The summed E-state index contributed by atoms with van der Waals surface area (Å²) in [5, 5.41) is 4.55. The van der Waals surface area contributed by atoms with Gasteiger partial charge in [0.25, 0.3) is 0 Å². The van der Waals surface area contributed by atoms with Crippen molar-refractivity contribution in [3.63, 3.8) is 0 Å². The number of aryl methyl sites for hydroxylation is 2. The van der Waals surface area contributed by atoms with Gasteiger partial charge in [0, 0.05) is 27.1 Å². The van der Waals surface area contributed by atoms with Crippen molar-refractivity contribution in [2.75, 3.05) is 0 Å². The average Bonchev–Trinajstić information content (AvgIpc) is 2.64. The van der Waals surface area contributed by atoms with E-state index in [-0.39, 0.29) is 0 Å². The molecule has 0 saturated carbocycles. The number of halogens is 1. The Hall–Kier alpha value is -1.13. The minimum absolute atomic E-state index is 0.476. The lowest BCUT2D eigenvalue weighted by Crippen LogP contribution is -2.01. The third-order valence-corrected chi connectivity index (χ3v) is 4.25. The predicted molar refractivity (Wildman–Crippen MR) is 73.0 cm³/mol. The van der Waals surface area contributed by atoms with Crippen LogP contribution < -0.4 is 0 Å². The molecule has 0 aliphatic rings. The number of rotatable bonds is 4. The average molecular weight is 284 g/mol. The van der Waals surface area contributed by atoms with E-state index in [2.05, 4.69) is 5.16 Å². The van der Waals surface area contributed by atoms with E-state index >= 15 is 0 Å². The molecule has 0 aliphatic heterocycles. The minimum atomic E-state index is -0.971. The molecule has 96 valence electrons. The van der Waals surface area contributed by atoms with Gasteiger partial charge >= 0.3 is 0 Å². The van der Waals surface area contributed by atoms with Crippen LogP contribution in [0, 0.1) is 13.8 Å². The van der Waals surface area contributed by atoms with Crippen LogP contribution in [0.5, 0.6) is 0 Å². The van der Waals surface area contributed by atoms with Gasteiger partial charge in [0.2, 0.25) is 0 Å². The molecule has 1 aromatic carbocycles. The Morgan fingerprint density at radius 1 is 1.22 bits per heavy atom. The second-order valence-electron chi connectivity index (χ2n) is 4.16. The first-order valence-electron chi connectivity index (χ1n) is 5.57. The summed E-state index contributed by atoms with van der Waals surface area (Å²) >= 11 is 5.81. The van der Waals surface area contributed by atoms with E-state index in [1.165, 1.54) is 0 Å². The lowest BCUT2D eigenvalue weighted by atomic mass is 10.2. The van der Waals surface area contributed by atoms with E-state index in [1.54, 1.807) is 0 Å². The van der Waals surface area contributed by atoms with E-state index in [0.717, 1.165) is 22.6 Å². The van der Waals surface area contributed by atoms with Crippen LogP contribution in [0.1, 0.15) is 22.6 Å². The normalized spacial score (nSPS) is 12.6. The summed E-state index contributed by atoms with van der Waals surface area (Å²) in [5.74, 6) is 1.74. The van der Waals surface area contributed by atoms with E-state index in [4.69, 9.17) is 16.1 Å². The summed E-state index contributed by atoms with van der Waals surface area (Å²) in [5.41, 5.74) is 2.78. The maximum absolute atomic E-state index is 12.1. The minimum Gasteiger partial charge on any atom is -0.361 e. The van der Waals surface area contributed by atoms with Gasteiger partial charge < -0.3 is 4.52 Å². The highest BCUT2D eigenvalue weighted by molar-refractivity contribution is 7.83. The molecule has 0 spiro atoms. The molecule has 0 radical (unpaired) electrons. The third-order valence-electron chi connectivity index (χ3n) is 2.73. The van der Waals surface area contributed by atoms with Gasteiger partial charge in [0.05, 0.1) is 11.4 Å². The Morgan fingerprint density at radius 3 is 2.44 bits per heavy atom. The van der Waals surface area contributed by atoms with Crippen molar-refractivity contribution < 1.29 is 8.73 Å². The summed E-state index contributed by atoms with van der Waals surface area (Å²) < 4.78 is 17.1. The van der Waals surface area contributed by atoms with Crippen LogP contribution in [0.15, 0.2) is 28.8 Å². The highest BCUT2D eigenvalue weighted by atomic mass is 35.5. The summed E-state index contributed by atoms with van der Waals surface area (Å²) in [6.07, 6.45) is 0. The molecule has 18 heavy (non-hydrogen) atoms. The van der Waals surface area contributed by atoms with Crippen molar-refractivity contribution >= 4 is 22.4 Å². The molecule has 5 heteroatoms. The van der Waals surface area contributed by atoms with Crippen molar-refractivity contribution in [3.05, 3.63) is 51.9 Å². The lowest BCUT2D eigenvalue weighted by molar-refractivity contribution is 0.392. The zero-order valence-corrected chi connectivity index (χ0v) is 11.8. The smallest absolute Gasteiger partial charge is 0.138 e. The maximum Gasteiger partial charge on any atom is 0.138 e. The number of benzene rings is 1. The molecule has 0 fully saturated rings. The number of hydrogen-bond donors (Lipinski definition) is 0. The van der Waals surface area contributed by atoms with Crippen LogP contribution >= 0.6 is 11.6 Å². The van der Waals surface area contributed by atoms with E-state index in [0.29, 0.717) is 16.5 Å². The monoisotopic (exact) mass is 283 g/mol. The second kappa shape index (κ2) is 5.67. The van der Waals surface area contributed by atoms with Gasteiger partial charge in [-0.3, -0.25) is 4.21 Å². The molecule has 0 amide bonds. The summed E-state index contributed by atoms with van der Waals surface area (Å²) in [6.45, 7) is 3.71. The fraction of sp³-hybridized carbons (Fsp3) is 0.308. The summed E-state index contributed by atoms with van der Waals surface area (Å²) in [7, 11) is -0.971. The first-order valence-corrected chi connectivity index (χ1v) is 7.44. The van der Waals surface area contributed by atoms with Crippen LogP contribution in [0.2, 0.25) is 5.02 Å². The van der Waals surface area contributed by atoms with Gasteiger partial charge in [0.15, 0.2) is 0 Å². The molecule has 0 unspecified atom stereocenters. The van der Waals surface area contributed by atoms with Gasteiger partial charge in [-0.2, -0.15) is 0 Å². The largest absolute Gasteiger partial charge is 0.361 e. The van der Waals surface area contributed by atoms with E-state index < -0.39 is 10.8 Å². The highest BCUT2D eigenvalue weighted by Crippen LogP contribution is 2.17. The summed E-state index contributed by atoms with van der Waals surface area (Å²) in [6, 6.07) is 7.41. The van der Waals surface area contributed by atoms with Crippen LogP contribution in [-0.2, 0) is 22.3 Å². The SMILES string of the molecule is Cc1noc(C)c1C[S@](=O)Cc1ccc(Cl)cc1. The van der Waals surface area contributed by atoms with Crippen molar-refractivity contribution in [1.29, 1.82) is 0 Å². The molecule has 0 saturated heterocycles. The third kappa shape index (κ3) is 3.21. The Bertz CT molecular complexity index is 543. The fourth-order valence-corrected chi connectivity index (χ4v) is 3.21. The van der Waals surface area contributed by atoms with Gasteiger partial charge in [-0.15, -0.1) is 0 Å². The predicted octanol–water partition coefficient (Wildman–Crippen LogP) is 3.39. The van der Waals surface area contributed by atoms with E-state index in [1.807, 2.05) is 38.1 Å². The van der Waals surface area contributed by atoms with Crippen LogP contribution in [0.25, 0.3) is 0 Å². The Labute approximate surface area is 114 Å². The van der Waals surface area contributed by atoms with Gasteiger partial charge in [-0.1, -0.05) is 28.9 Å². The van der Waals surface area contributed by atoms with Gasteiger partial charge in [-0.25, -0.2) is 0 Å². The van der Waals surface area contributed by atoms with E-state index in [9.17, 15) is 4.21 Å². The standard InChI is InChI=1S/C13H14ClNO2S/c1-9-13(10(2)17-15-9)8-18(16)7-11-3-5-12(14)6-4-11/h3-6H,7-8H2,1-2H3/t18-/m1/s1. The molecule has 3 nitrogen and oxygen atoms in total. The topological polar surface area (TPSA) is 43.1 Å². The van der Waals surface area contributed by atoms with Gasteiger partial charge in [-0.05, 0) is 31.5 Å². The molecule has 0 bridgehead atoms. The fourth-order valence-electron chi connectivity index (χ4n) is 1.69. The van der Waals surface area contributed by atoms with Crippen molar-refractivity contribution in [2.24, 2.45) is 0 Å². The number of aromatic nitrogens is 1. The molecule has 2 rings (SSSR count). The van der Waals surface area contributed by atoms with Crippen LogP contribution in [0.3, 0.4) is 0 Å². The Balaban J connectivity index is 2.03. The Morgan fingerprint density at radius 2 is 1.89 bits per heavy atom. The maximum atomic E-state index is 12.1. The van der Waals surface area contributed by atoms with Crippen molar-refractivity contribution in [1.82, 2.24) is 5.16 Å². The van der Waals surface area contributed by atoms with Gasteiger partial charge in [0.1, 0.15) is 5.76 Å². The molecule has 1 atom stereocenters. The van der Waals surface area contributed by atoms with Crippen molar-refractivity contribution in [2.45, 2.75) is 25.4 Å². The first-order chi connectivity index (χ1) is 8.56. The van der Waals surface area contributed by atoms with Crippen LogP contribution in [0.4, 0.5) is 0 Å². The highest BCUT2D eigenvalue weighted by Gasteiger charge is 2.12. The zero-order valence-electron chi connectivity index (χ0n) is 10.3. The molecular weight excluding hydrogens is 270 g/mol. The number of hydrogen-bond acceptors (Lipinski definition) is 3. The summed E-state index contributed by atoms with van der Waals surface area (Å²) in [4.78, 5) is 0.